The average molecular weight is 276 g/mol. The monoisotopic (exact) mass is 276 g/mol. The molecule has 2 aromatic heterocycles. The van der Waals surface area contributed by atoms with E-state index in [2.05, 4.69) is 53.1 Å². The number of hydrogen-bond donors (Lipinski definition) is 1. The third kappa shape index (κ3) is 3.70. The number of aryl methyl sites for hydroxylation is 1. The van der Waals surface area contributed by atoms with Gasteiger partial charge in [-0.25, -0.2) is 4.98 Å². The van der Waals surface area contributed by atoms with Crippen LogP contribution >= 0.6 is 0 Å². The van der Waals surface area contributed by atoms with Crippen molar-refractivity contribution in [3.63, 3.8) is 0 Å². The van der Waals surface area contributed by atoms with Crippen molar-refractivity contribution in [3.05, 3.63) is 35.8 Å². The number of nitrogens with one attached hydrogen (secondary N) is 1. The van der Waals surface area contributed by atoms with E-state index >= 15 is 0 Å². The molecule has 0 radical (unpaired) electrons. The lowest BCUT2D eigenvalue weighted by Gasteiger charge is -2.12. The molecule has 5 nitrogen and oxygen atoms in total. The highest BCUT2D eigenvalue weighted by Gasteiger charge is 2.08. The molecule has 0 aromatic carbocycles. The molecule has 2 rings (SSSR count). The van der Waals surface area contributed by atoms with Crippen LogP contribution in [0.25, 0.3) is 0 Å². The quantitative estimate of drug-likeness (QED) is 0.805. The average Bonchev–Trinajstić information content (AvgIpc) is 3.10. The Labute approximate surface area is 120 Å². The number of rotatable bonds is 8. The summed E-state index contributed by atoms with van der Waals surface area (Å²) in [5.74, 6) is 1.67. The first kappa shape index (κ1) is 14.8. The molecule has 0 bridgehead atoms. The van der Waals surface area contributed by atoms with Crippen molar-refractivity contribution < 1.29 is 4.42 Å². The van der Waals surface area contributed by atoms with Crippen molar-refractivity contribution in [2.75, 3.05) is 0 Å². The second-order valence-corrected chi connectivity index (χ2v) is 4.93. The molecule has 0 fully saturated rings. The Kier molecular flexibility index (Phi) is 5.35. The Balaban J connectivity index is 1.82. The molecule has 1 N–H and O–H groups in total. The van der Waals surface area contributed by atoms with Gasteiger partial charge in [0.1, 0.15) is 5.76 Å². The molecule has 2 aromatic rings. The van der Waals surface area contributed by atoms with Crippen molar-refractivity contribution in [1.82, 2.24) is 20.1 Å². The van der Waals surface area contributed by atoms with Gasteiger partial charge in [-0.1, -0.05) is 20.8 Å². The Hall–Kier alpha value is -1.62. The third-order valence-corrected chi connectivity index (χ3v) is 3.51. The van der Waals surface area contributed by atoms with Gasteiger partial charge in [0.25, 0.3) is 0 Å². The summed E-state index contributed by atoms with van der Waals surface area (Å²) in [6.07, 6.45) is 6.96. The summed E-state index contributed by atoms with van der Waals surface area (Å²) < 4.78 is 7.62. The fraction of sp³-hybridized carbons (Fsp3) is 0.600. The molecular weight excluding hydrogens is 252 g/mol. The van der Waals surface area contributed by atoms with E-state index in [-0.39, 0.29) is 0 Å². The molecular formula is C15H24N4O. The molecule has 0 aliphatic rings. The van der Waals surface area contributed by atoms with Crippen LogP contribution in [-0.2, 0) is 19.5 Å². The van der Waals surface area contributed by atoms with Crippen molar-refractivity contribution in [2.45, 2.75) is 59.2 Å². The first-order valence-electron chi connectivity index (χ1n) is 7.45. The summed E-state index contributed by atoms with van der Waals surface area (Å²) in [7, 11) is 0. The van der Waals surface area contributed by atoms with Crippen LogP contribution in [0, 0.1) is 0 Å². The van der Waals surface area contributed by atoms with E-state index in [9.17, 15) is 0 Å². The Morgan fingerprint density at radius 2 is 2.05 bits per heavy atom. The number of nitrogens with zero attached hydrogens (tertiary/aromatic N) is 3. The van der Waals surface area contributed by atoms with Gasteiger partial charge in [-0.05, 0) is 18.9 Å². The van der Waals surface area contributed by atoms with Crippen LogP contribution in [0.1, 0.15) is 57.0 Å². The van der Waals surface area contributed by atoms with Crippen molar-refractivity contribution in [3.8, 4) is 0 Å². The van der Waals surface area contributed by atoms with Crippen molar-refractivity contribution in [2.24, 2.45) is 0 Å². The second kappa shape index (κ2) is 7.24. The first-order valence-corrected chi connectivity index (χ1v) is 7.45. The summed E-state index contributed by atoms with van der Waals surface area (Å²) in [5.41, 5.74) is 1.05. The maximum Gasteiger partial charge on any atom is 0.208 e. The minimum atomic E-state index is 0.502. The van der Waals surface area contributed by atoms with Gasteiger partial charge in [-0.3, -0.25) is 4.68 Å². The van der Waals surface area contributed by atoms with E-state index < -0.39 is 0 Å². The first-order chi connectivity index (χ1) is 9.76. The molecule has 2 heterocycles. The van der Waals surface area contributed by atoms with Gasteiger partial charge >= 0.3 is 0 Å². The van der Waals surface area contributed by atoms with E-state index in [1.54, 1.807) is 6.20 Å². The molecule has 0 atom stereocenters. The molecule has 5 heteroatoms. The molecule has 0 unspecified atom stereocenters. The maximum atomic E-state index is 5.55. The Morgan fingerprint density at radius 3 is 2.70 bits per heavy atom. The van der Waals surface area contributed by atoms with Gasteiger partial charge < -0.3 is 9.73 Å². The van der Waals surface area contributed by atoms with Gasteiger partial charge in [0, 0.05) is 19.2 Å². The molecule has 0 aliphatic heterocycles. The Bertz CT molecular complexity index is 513. The van der Waals surface area contributed by atoms with E-state index in [1.807, 2.05) is 0 Å². The van der Waals surface area contributed by atoms with Crippen LogP contribution < -0.4 is 5.32 Å². The lowest BCUT2D eigenvalue weighted by atomic mass is 10.2. The number of hydrogen-bond acceptors (Lipinski definition) is 4. The fourth-order valence-electron chi connectivity index (χ4n) is 2.23. The topological polar surface area (TPSA) is 55.9 Å². The largest absolute Gasteiger partial charge is 0.444 e. The fourth-order valence-corrected chi connectivity index (χ4v) is 2.23. The molecule has 0 spiro atoms. The van der Waals surface area contributed by atoms with Gasteiger partial charge in [-0.2, -0.15) is 5.10 Å². The molecule has 0 amide bonds. The summed E-state index contributed by atoms with van der Waals surface area (Å²) in [5, 5.41) is 7.92. The number of aromatic nitrogens is 3. The zero-order chi connectivity index (χ0) is 14.4. The minimum absolute atomic E-state index is 0.502. The van der Waals surface area contributed by atoms with Gasteiger partial charge in [0.05, 0.1) is 24.5 Å². The lowest BCUT2D eigenvalue weighted by Crippen LogP contribution is -2.14. The van der Waals surface area contributed by atoms with E-state index in [4.69, 9.17) is 4.42 Å². The molecule has 20 heavy (non-hydrogen) atoms. The lowest BCUT2D eigenvalue weighted by molar-refractivity contribution is 0.420. The van der Waals surface area contributed by atoms with E-state index in [1.165, 1.54) is 0 Å². The molecule has 110 valence electrons. The van der Waals surface area contributed by atoms with Crippen molar-refractivity contribution >= 4 is 0 Å². The number of oxazole rings is 1. The Morgan fingerprint density at radius 1 is 1.25 bits per heavy atom. The predicted octanol–water partition coefficient (Wildman–Crippen LogP) is 3.08. The molecule has 0 aliphatic carbocycles. The highest BCUT2D eigenvalue weighted by atomic mass is 16.4. The zero-order valence-corrected chi connectivity index (χ0v) is 12.6. The minimum Gasteiger partial charge on any atom is -0.444 e. The summed E-state index contributed by atoms with van der Waals surface area (Å²) in [4.78, 5) is 4.22. The maximum absolute atomic E-state index is 5.55. The van der Waals surface area contributed by atoms with E-state index in [0.29, 0.717) is 12.6 Å². The zero-order valence-electron chi connectivity index (χ0n) is 12.6. The SMILES string of the molecule is CCc1cnc(CNCc2ccn(C(CC)CC)n2)o1. The van der Waals surface area contributed by atoms with E-state index in [0.717, 1.165) is 43.2 Å². The van der Waals surface area contributed by atoms with Gasteiger partial charge in [-0.15, -0.1) is 0 Å². The normalized spacial score (nSPS) is 11.4. The predicted molar refractivity (Wildman–Crippen MR) is 78.3 cm³/mol. The summed E-state index contributed by atoms with van der Waals surface area (Å²) >= 11 is 0. The van der Waals surface area contributed by atoms with Crippen LogP contribution in [-0.4, -0.2) is 14.8 Å². The third-order valence-electron chi connectivity index (χ3n) is 3.51. The second-order valence-electron chi connectivity index (χ2n) is 4.93. The molecule has 0 saturated heterocycles. The van der Waals surface area contributed by atoms with Crippen LogP contribution in [0.15, 0.2) is 22.9 Å². The highest BCUT2D eigenvalue weighted by Crippen LogP contribution is 2.14. The molecule has 0 saturated carbocycles. The van der Waals surface area contributed by atoms with Crippen LogP contribution in [0.3, 0.4) is 0 Å². The van der Waals surface area contributed by atoms with Crippen LogP contribution in [0.5, 0.6) is 0 Å². The van der Waals surface area contributed by atoms with Gasteiger partial charge in [0.2, 0.25) is 5.89 Å². The van der Waals surface area contributed by atoms with Crippen LogP contribution in [0.4, 0.5) is 0 Å². The van der Waals surface area contributed by atoms with Crippen LogP contribution in [0.2, 0.25) is 0 Å². The standard InChI is InChI=1S/C15H24N4O/c1-4-13(5-2)19-8-7-12(18-19)9-16-11-15-17-10-14(6-3)20-15/h7-8,10,13,16H,4-6,9,11H2,1-3H3. The van der Waals surface area contributed by atoms with Crippen molar-refractivity contribution in [1.29, 1.82) is 0 Å². The highest BCUT2D eigenvalue weighted by molar-refractivity contribution is 5.00. The summed E-state index contributed by atoms with van der Waals surface area (Å²) in [6.45, 7) is 7.82. The smallest absolute Gasteiger partial charge is 0.208 e. The summed E-state index contributed by atoms with van der Waals surface area (Å²) in [6, 6.07) is 2.57. The van der Waals surface area contributed by atoms with Gasteiger partial charge in [0.15, 0.2) is 0 Å².